The molecule has 0 bridgehead atoms. The molecular weight excluding hydrogens is 557 g/mol. The average molecular weight is 593 g/mol. The summed E-state index contributed by atoms with van der Waals surface area (Å²) >= 11 is 0. The third kappa shape index (κ3) is 5.57. The molecule has 2 amide bonds. The molecule has 0 N–H and O–H groups in total. The van der Waals surface area contributed by atoms with Crippen LogP contribution in [0.4, 0.5) is 13.2 Å². The Balaban J connectivity index is 1.13. The highest BCUT2D eigenvalue weighted by Crippen LogP contribution is 2.38. The molecule has 2 aliphatic heterocycles. The van der Waals surface area contributed by atoms with E-state index in [0.29, 0.717) is 55.2 Å². The van der Waals surface area contributed by atoms with Crippen LogP contribution in [0.1, 0.15) is 71.9 Å². The summed E-state index contributed by atoms with van der Waals surface area (Å²) in [4.78, 5) is 42.9. The smallest absolute Gasteiger partial charge is 0.339 e. The van der Waals surface area contributed by atoms with Gasteiger partial charge in [0.05, 0.1) is 24.1 Å². The molecule has 43 heavy (non-hydrogen) atoms. The van der Waals surface area contributed by atoms with E-state index >= 15 is 0 Å². The molecule has 0 atom stereocenters. The number of allylic oxidation sites excluding steroid dienone is 1. The summed E-state index contributed by atoms with van der Waals surface area (Å²) in [6.45, 7) is 6.07. The molecule has 0 unspecified atom stereocenters. The van der Waals surface area contributed by atoms with Gasteiger partial charge in [-0.2, -0.15) is 13.2 Å². The molecule has 0 spiro atoms. The van der Waals surface area contributed by atoms with E-state index in [9.17, 15) is 22.8 Å². The maximum Gasteiger partial charge on any atom is 0.433 e. The number of carbonyl (C=O) groups is 2. The molecule has 11 heteroatoms. The van der Waals surface area contributed by atoms with Crippen LogP contribution in [0.3, 0.4) is 0 Å². The predicted octanol–water partition coefficient (Wildman–Crippen LogP) is 5.28. The van der Waals surface area contributed by atoms with E-state index in [1.54, 1.807) is 16.8 Å². The second-order valence-corrected chi connectivity index (χ2v) is 12.0. The highest BCUT2D eigenvalue weighted by Gasteiger charge is 2.41. The monoisotopic (exact) mass is 592 g/mol. The fourth-order valence-electron chi connectivity index (χ4n) is 6.65. The topological polar surface area (TPSA) is 83.2 Å². The van der Waals surface area contributed by atoms with Crippen molar-refractivity contribution in [2.45, 2.75) is 58.5 Å². The Kier molecular flexibility index (Phi) is 7.60. The first-order valence-corrected chi connectivity index (χ1v) is 14.9. The number of piperazine rings is 1. The number of nitrogens with zero attached hydrogens (tertiary/aromatic N) is 6. The van der Waals surface area contributed by atoms with Gasteiger partial charge >= 0.3 is 6.18 Å². The molecule has 2 aromatic heterocycles. The molecular formula is C32H35F3N6O2. The van der Waals surface area contributed by atoms with Crippen molar-refractivity contribution in [3.63, 3.8) is 0 Å². The first-order chi connectivity index (χ1) is 20.5. The zero-order valence-electron chi connectivity index (χ0n) is 24.5. The molecule has 1 aromatic carbocycles. The van der Waals surface area contributed by atoms with Crippen LogP contribution < -0.4 is 0 Å². The molecule has 8 nitrogen and oxygen atoms in total. The van der Waals surface area contributed by atoms with Crippen LogP contribution in [0.5, 0.6) is 0 Å². The number of benzene rings is 1. The lowest BCUT2D eigenvalue weighted by molar-refractivity contribution is -0.144. The number of fused-ring (bicyclic) bond motifs is 1. The van der Waals surface area contributed by atoms with Crippen molar-refractivity contribution in [1.82, 2.24) is 24.2 Å². The number of hydrogen-bond acceptors (Lipinski definition) is 5. The molecule has 3 aliphatic rings. The maximum atomic E-state index is 13.5. The van der Waals surface area contributed by atoms with Crippen LogP contribution >= 0.6 is 0 Å². The number of imidazole rings is 1. The van der Waals surface area contributed by atoms with Crippen LogP contribution in [-0.2, 0) is 11.2 Å². The van der Waals surface area contributed by atoms with Crippen molar-refractivity contribution in [2.24, 2.45) is 10.4 Å². The van der Waals surface area contributed by atoms with Gasteiger partial charge in [0, 0.05) is 61.5 Å². The van der Waals surface area contributed by atoms with E-state index in [2.05, 4.69) is 21.9 Å². The van der Waals surface area contributed by atoms with Gasteiger partial charge in [-0.1, -0.05) is 44.4 Å². The van der Waals surface area contributed by atoms with E-state index in [1.165, 1.54) is 18.7 Å². The van der Waals surface area contributed by atoms with Gasteiger partial charge in [-0.05, 0) is 37.0 Å². The van der Waals surface area contributed by atoms with Crippen molar-refractivity contribution in [3.8, 4) is 0 Å². The first-order valence-electron chi connectivity index (χ1n) is 14.9. The van der Waals surface area contributed by atoms with Gasteiger partial charge in [0.2, 0.25) is 5.91 Å². The highest BCUT2D eigenvalue weighted by atomic mass is 19.4. The normalized spacial score (nSPS) is 19.0. The van der Waals surface area contributed by atoms with Gasteiger partial charge < -0.3 is 9.80 Å². The van der Waals surface area contributed by atoms with Crippen LogP contribution in [-0.4, -0.2) is 80.6 Å². The van der Waals surface area contributed by atoms with Crippen molar-refractivity contribution in [1.29, 1.82) is 0 Å². The van der Waals surface area contributed by atoms with Crippen molar-refractivity contribution >= 4 is 28.7 Å². The molecule has 1 saturated heterocycles. The van der Waals surface area contributed by atoms with Gasteiger partial charge in [0.1, 0.15) is 5.71 Å². The Morgan fingerprint density at radius 1 is 1.00 bits per heavy atom. The van der Waals surface area contributed by atoms with Gasteiger partial charge in [-0.25, -0.2) is 4.98 Å². The SMILES string of the molecule is Cc1cc(Cc2nccn3c(C4=CCN=C4C(F)(F)F)cnc23)ccc1C(=O)N1CCN(C(=O)C2(C)CCCCC2)CC1. The Hall–Kier alpha value is -4.02. The van der Waals surface area contributed by atoms with Crippen molar-refractivity contribution in [2.75, 3.05) is 32.7 Å². The van der Waals surface area contributed by atoms with Crippen molar-refractivity contribution < 1.29 is 22.8 Å². The molecule has 1 saturated carbocycles. The molecule has 3 aromatic rings. The molecule has 226 valence electrons. The minimum atomic E-state index is -4.54. The summed E-state index contributed by atoms with van der Waals surface area (Å²) in [6, 6.07) is 5.65. The third-order valence-corrected chi connectivity index (χ3v) is 9.07. The maximum absolute atomic E-state index is 13.5. The van der Waals surface area contributed by atoms with Crippen LogP contribution in [0, 0.1) is 12.3 Å². The van der Waals surface area contributed by atoms with Gasteiger partial charge in [0.15, 0.2) is 5.65 Å². The number of halogens is 3. The number of hydrogen-bond donors (Lipinski definition) is 0. The van der Waals surface area contributed by atoms with E-state index < -0.39 is 11.9 Å². The summed E-state index contributed by atoms with van der Waals surface area (Å²) in [5, 5.41) is 0. The van der Waals surface area contributed by atoms with Crippen molar-refractivity contribution in [3.05, 3.63) is 70.9 Å². The predicted molar refractivity (Wildman–Crippen MR) is 157 cm³/mol. The lowest BCUT2D eigenvalue weighted by Crippen LogP contribution is -2.54. The number of aliphatic imine (C=N–C) groups is 1. The number of rotatable bonds is 5. The number of aryl methyl sites for hydroxylation is 1. The summed E-state index contributed by atoms with van der Waals surface area (Å²) in [5.41, 5.74) is 2.61. The standard InChI is InChI=1S/C32H35F3N6O2/c1-21-18-22(19-25-28-38-20-26(41(28)13-12-36-25)24-8-11-37-27(24)32(33,34)35)6-7-23(21)29(42)39-14-16-40(17-15-39)30(43)31(2)9-4-3-5-10-31/h6-8,12-13,18,20H,3-5,9-11,14-17,19H2,1-2H3. The quantitative estimate of drug-likeness (QED) is 0.404. The van der Waals surface area contributed by atoms with E-state index in [1.807, 2.05) is 34.9 Å². The molecule has 6 rings (SSSR count). The minimum Gasteiger partial charge on any atom is -0.339 e. The Bertz CT molecular complexity index is 1630. The minimum absolute atomic E-state index is 0.0178. The average Bonchev–Trinajstić information content (AvgIpc) is 3.65. The molecule has 0 radical (unpaired) electrons. The molecule has 1 aliphatic carbocycles. The van der Waals surface area contributed by atoms with Crippen LogP contribution in [0.2, 0.25) is 0 Å². The second kappa shape index (κ2) is 11.2. The Morgan fingerprint density at radius 2 is 1.72 bits per heavy atom. The third-order valence-electron chi connectivity index (χ3n) is 9.07. The lowest BCUT2D eigenvalue weighted by atomic mass is 9.74. The lowest BCUT2D eigenvalue weighted by Gasteiger charge is -2.41. The number of aromatic nitrogens is 3. The van der Waals surface area contributed by atoms with E-state index in [0.717, 1.165) is 36.8 Å². The molecule has 4 heterocycles. The van der Waals surface area contributed by atoms with Gasteiger partial charge in [-0.15, -0.1) is 0 Å². The first kappa shape index (κ1) is 29.1. The van der Waals surface area contributed by atoms with Gasteiger partial charge in [-0.3, -0.25) is 24.0 Å². The summed E-state index contributed by atoms with van der Waals surface area (Å²) in [7, 11) is 0. The number of amides is 2. The highest BCUT2D eigenvalue weighted by molar-refractivity contribution is 6.27. The number of carbonyl (C=O) groups excluding carboxylic acids is 2. The van der Waals surface area contributed by atoms with E-state index in [4.69, 9.17) is 0 Å². The Morgan fingerprint density at radius 3 is 2.42 bits per heavy atom. The van der Waals surface area contributed by atoms with E-state index in [-0.39, 0.29) is 29.3 Å². The zero-order valence-corrected chi connectivity index (χ0v) is 24.5. The Labute approximate surface area is 248 Å². The second-order valence-electron chi connectivity index (χ2n) is 12.0. The summed E-state index contributed by atoms with van der Waals surface area (Å²) in [5.74, 6) is 0.173. The number of alkyl halides is 3. The molecule has 2 fully saturated rings. The summed E-state index contributed by atoms with van der Waals surface area (Å²) < 4.78 is 42.1. The van der Waals surface area contributed by atoms with Gasteiger partial charge in [0.25, 0.3) is 5.91 Å². The largest absolute Gasteiger partial charge is 0.433 e. The van der Waals surface area contributed by atoms with Crippen LogP contribution in [0.25, 0.3) is 11.2 Å². The fourth-order valence-corrected chi connectivity index (χ4v) is 6.65. The van der Waals surface area contributed by atoms with Crippen LogP contribution in [0.15, 0.2) is 47.9 Å². The summed E-state index contributed by atoms with van der Waals surface area (Å²) in [6.07, 6.45) is 7.16. The zero-order chi connectivity index (χ0) is 30.4. The fraction of sp³-hybridized carbons (Fsp3) is 0.469.